The van der Waals surface area contributed by atoms with E-state index in [-0.39, 0.29) is 5.75 Å². The summed E-state index contributed by atoms with van der Waals surface area (Å²) in [6, 6.07) is 1.91. The lowest BCUT2D eigenvalue weighted by Gasteiger charge is -2.15. The molecule has 0 radical (unpaired) electrons. The van der Waals surface area contributed by atoms with E-state index in [1.807, 2.05) is 6.07 Å². The predicted octanol–water partition coefficient (Wildman–Crippen LogP) is 2.97. The number of phenolic OH excluding ortho intramolecular Hbond substituents is 1. The fraction of sp³-hybridized carbons (Fsp3) is 0.538. The Bertz CT molecular complexity index is 407. The van der Waals surface area contributed by atoms with Crippen molar-refractivity contribution in [2.24, 2.45) is 0 Å². The number of phenols is 1. The van der Waals surface area contributed by atoms with E-state index in [0.717, 1.165) is 18.4 Å². The number of halogens is 1. The van der Waals surface area contributed by atoms with Gasteiger partial charge in [-0.1, -0.05) is 18.0 Å². The highest BCUT2D eigenvalue weighted by molar-refractivity contribution is 6.32. The first-order valence-electron chi connectivity index (χ1n) is 6.02. The van der Waals surface area contributed by atoms with Gasteiger partial charge in [0, 0.05) is 12.1 Å². The highest BCUT2D eigenvalue weighted by atomic mass is 35.5. The second kappa shape index (κ2) is 5.71. The molecule has 0 aliphatic heterocycles. The second-order valence-corrected chi connectivity index (χ2v) is 4.82. The molecule has 0 bridgehead atoms. The fourth-order valence-electron chi connectivity index (χ4n) is 2.45. The molecule has 0 amide bonds. The lowest BCUT2D eigenvalue weighted by atomic mass is 9.96. The fourth-order valence-corrected chi connectivity index (χ4v) is 2.70. The molecule has 1 aliphatic rings. The van der Waals surface area contributed by atoms with Crippen LogP contribution < -0.4 is 5.48 Å². The monoisotopic (exact) mass is 255 g/mol. The van der Waals surface area contributed by atoms with Crippen LogP contribution in [0.3, 0.4) is 0 Å². The second-order valence-electron chi connectivity index (χ2n) is 4.41. The molecule has 2 N–H and O–H groups in total. The van der Waals surface area contributed by atoms with Crippen LogP contribution >= 0.6 is 11.6 Å². The quantitative estimate of drug-likeness (QED) is 0.645. The summed E-state index contributed by atoms with van der Waals surface area (Å²) >= 11 is 6.06. The molecule has 0 saturated carbocycles. The first-order chi connectivity index (χ1) is 8.24. The van der Waals surface area contributed by atoms with E-state index in [1.165, 1.54) is 30.4 Å². The summed E-state index contributed by atoms with van der Waals surface area (Å²) in [4.78, 5) is 4.86. The first-order valence-corrected chi connectivity index (χ1v) is 6.39. The smallest absolute Gasteiger partial charge is 0.139 e. The van der Waals surface area contributed by atoms with Gasteiger partial charge in [0.25, 0.3) is 0 Å². The minimum atomic E-state index is 0.192. The summed E-state index contributed by atoms with van der Waals surface area (Å²) in [6.45, 7) is 0.491. The number of rotatable bonds is 3. The van der Waals surface area contributed by atoms with Gasteiger partial charge in [-0.3, -0.25) is 0 Å². The third-order valence-corrected chi connectivity index (χ3v) is 3.62. The van der Waals surface area contributed by atoms with Gasteiger partial charge in [-0.15, -0.1) is 0 Å². The average Bonchev–Trinajstić information content (AvgIpc) is 2.55. The number of aryl methyl sites for hydroxylation is 1. The molecule has 1 aromatic carbocycles. The molecular weight excluding hydrogens is 238 g/mol. The molecule has 0 spiro atoms. The Labute approximate surface area is 107 Å². The van der Waals surface area contributed by atoms with Gasteiger partial charge >= 0.3 is 0 Å². The number of hydroxylamine groups is 1. The van der Waals surface area contributed by atoms with Crippen molar-refractivity contribution < 1.29 is 9.94 Å². The van der Waals surface area contributed by atoms with Crippen LogP contribution in [-0.4, -0.2) is 12.2 Å². The van der Waals surface area contributed by atoms with Gasteiger partial charge in [0.15, 0.2) is 0 Å². The van der Waals surface area contributed by atoms with Gasteiger partial charge in [0.05, 0.1) is 12.1 Å². The van der Waals surface area contributed by atoms with Crippen LogP contribution in [0.1, 0.15) is 36.0 Å². The van der Waals surface area contributed by atoms with Crippen molar-refractivity contribution in [1.82, 2.24) is 5.48 Å². The third-order valence-electron chi connectivity index (χ3n) is 3.33. The zero-order valence-electron chi connectivity index (χ0n) is 10.1. The maximum absolute atomic E-state index is 10.0. The predicted molar refractivity (Wildman–Crippen MR) is 68.2 cm³/mol. The molecule has 1 aromatic rings. The van der Waals surface area contributed by atoms with Crippen LogP contribution in [0.4, 0.5) is 0 Å². The Kier molecular flexibility index (Phi) is 4.26. The number of fused-ring (bicyclic) bond motifs is 1. The van der Waals surface area contributed by atoms with Gasteiger partial charge in [-0.2, -0.15) is 5.48 Å². The molecule has 94 valence electrons. The topological polar surface area (TPSA) is 41.5 Å². The third kappa shape index (κ3) is 2.73. The number of nitrogens with one attached hydrogen (secondary N) is 1. The van der Waals surface area contributed by atoms with Crippen molar-refractivity contribution in [3.05, 3.63) is 27.8 Å². The van der Waals surface area contributed by atoms with Crippen molar-refractivity contribution in [2.75, 3.05) is 7.11 Å². The first kappa shape index (κ1) is 12.7. The summed E-state index contributed by atoms with van der Waals surface area (Å²) in [6.07, 6.45) is 5.68. The Hall–Kier alpha value is -0.770. The Balaban J connectivity index is 2.42. The molecule has 2 rings (SSSR count). The molecular formula is C13H18ClNO2. The maximum atomic E-state index is 10.0. The number of hydrogen-bond acceptors (Lipinski definition) is 3. The van der Waals surface area contributed by atoms with Gasteiger partial charge in [0.1, 0.15) is 5.75 Å². The van der Waals surface area contributed by atoms with Crippen molar-refractivity contribution in [2.45, 2.75) is 38.6 Å². The Morgan fingerprint density at radius 2 is 2.12 bits per heavy atom. The summed E-state index contributed by atoms with van der Waals surface area (Å²) in [7, 11) is 1.57. The van der Waals surface area contributed by atoms with Crippen LogP contribution in [0.5, 0.6) is 5.75 Å². The molecule has 0 fully saturated rings. The van der Waals surface area contributed by atoms with Gasteiger partial charge in [0.2, 0.25) is 0 Å². The zero-order chi connectivity index (χ0) is 12.3. The largest absolute Gasteiger partial charge is 0.506 e. The SMILES string of the molecule is CONCc1c(O)c(Cl)cc2c1CCCCC2. The van der Waals surface area contributed by atoms with Gasteiger partial charge in [-0.05, 0) is 42.9 Å². The number of benzene rings is 1. The Morgan fingerprint density at radius 1 is 1.35 bits per heavy atom. The minimum absolute atomic E-state index is 0.192. The van der Waals surface area contributed by atoms with Crippen LogP contribution in [-0.2, 0) is 24.2 Å². The average molecular weight is 256 g/mol. The molecule has 0 unspecified atom stereocenters. The number of aromatic hydroxyl groups is 1. The van der Waals surface area contributed by atoms with Crippen LogP contribution in [0, 0.1) is 0 Å². The molecule has 0 heterocycles. The van der Waals surface area contributed by atoms with Crippen LogP contribution in [0.15, 0.2) is 6.07 Å². The molecule has 0 aromatic heterocycles. The standard InChI is InChI=1S/C13H18ClNO2/c1-17-15-8-11-10-6-4-2-3-5-9(10)7-12(14)13(11)16/h7,15-16H,2-6,8H2,1H3. The zero-order valence-corrected chi connectivity index (χ0v) is 10.8. The molecule has 1 aliphatic carbocycles. The lowest BCUT2D eigenvalue weighted by molar-refractivity contribution is 0.0859. The summed E-state index contributed by atoms with van der Waals surface area (Å²) in [5, 5.41) is 10.5. The Morgan fingerprint density at radius 3 is 2.88 bits per heavy atom. The summed E-state index contributed by atoms with van der Waals surface area (Å²) < 4.78 is 0. The van der Waals surface area contributed by atoms with Crippen LogP contribution in [0.2, 0.25) is 5.02 Å². The van der Waals surface area contributed by atoms with E-state index < -0.39 is 0 Å². The van der Waals surface area contributed by atoms with E-state index in [0.29, 0.717) is 11.6 Å². The molecule has 4 heteroatoms. The van der Waals surface area contributed by atoms with E-state index in [1.54, 1.807) is 7.11 Å². The van der Waals surface area contributed by atoms with E-state index in [4.69, 9.17) is 16.4 Å². The molecule has 17 heavy (non-hydrogen) atoms. The van der Waals surface area contributed by atoms with Gasteiger partial charge < -0.3 is 9.94 Å². The molecule has 3 nitrogen and oxygen atoms in total. The lowest BCUT2D eigenvalue weighted by Crippen LogP contribution is -2.13. The van der Waals surface area contributed by atoms with Crippen molar-refractivity contribution >= 4 is 11.6 Å². The molecule has 0 atom stereocenters. The number of hydrogen-bond donors (Lipinski definition) is 2. The summed E-state index contributed by atoms with van der Waals surface area (Å²) in [5.41, 5.74) is 6.19. The molecule has 0 saturated heterocycles. The highest BCUT2D eigenvalue weighted by Gasteiger charge is 2.18. The summed E-state index contributed by atoms with van der Waals surface area (Å²) in [5.74, 6) is 0.192. The highest BCUT2D eigenvalue weighted by Crippen LogP contribution is 2.35. The van der Waals surface area contributed by atoms with Crippen molar-refractivity contribution in [1.29, 1.82) is 0 Å². The van der Waals surface area contributed by atoms with Crippen molar-refractivity contribution in [3.8, 4) is 5.75 Å². The van der Waals surface area contributed by atoms with Crippen LogP contribution in [0.25, 0.3) is 0 Å². The normalized spacial score (nSPS) is 15.4. The van der Waals surface area contributed by atoms with E-state index in [2.05, 4.69) is 5.48 Å². The maximum Gasteiger partial charge on any atom is 0.139 e. The van der Waals surface area contributed by atoms with E-state index >= 15 is 0 Å². The van der Waals surface area contributed by atoms with Gasteiger partial charge in [-0.25, -0.2) is 0 Å². The minimum Gasteiger partial charge on any atom is -0.506 e. The van der Waals surface area contributed by atoms with E-state index in [9.17, 15) is 5.11 Å². The van der Waals surface area contributed by atoms with Crippen molar-refractivity contribution in [3.63, 3.8) is 0 Å².